The SMILES string of the molecule is CC.CC.COCCN1CC2CCC(C1)N2C. The minimum atomic E-state index is 0.815. The molecule has 2 heterocycles. The van der Waals surface area contributed by atoms with Gasteiger partial charge in [-0.15, -0.1) is 0 Å². The molecule has 0 aromatic carbocycles. The van der Waals surface area contributed by atoms with Gasteiger partial charge in [0.1, 0.15) is 0 Å². The van der Waals surface area contributed by atoms with E-state index < -0.39 is 0 Å². The van der Waals surface area contributed by atoms with E-state index in [9.17, 15) is 0 Å². The summed E-state index contributed by atoms with van der Waals surface area (Å²) in [6, 6.07) is 1.63. The summed E-state index contributed by atoms with van der Waals surface area (Å²) in [5, 5.41) is 0. The van der Waals surface area contributed by atoms with Crippen LogP contribution in [0.25, 0.3) is 0 Å². The third kappa shape index (κ3) is 4.94. The molecule has 104 valence electrons. The van der Waals surface area contributed by atoms with Gasteiger partial charge in [0.25, 0.3) is 0 Å². The van der Waals surface area contributed by atoms with E-state index in [-0.39, 0.29) is 0 Å². The molecule has 2 atom stereocenters. The number of ether oxygens (including phenoxy) is 1. The topological polar surface area (TPSA) is 15.7 Å². The van der Waals surface area contributed by atoms with E-state index in [0.717, 1.165) is 25.2 Å². The predicted molar refractivity (Wildman–Crippen MR) is 75.6 cm³/mol. The van der Waals surface area contributed by atoms with Crippen molar-refractivity contribution in [2.45, 2.75) is 52.6 Å². The van der Waals surface area contributed by atoms with E-state index in [1.807, 2.05) is 27.7 Å². The van der Waals surface area contributed by atoms with Crippen molar-refractivity contribution >= 4 is 0 Å². The zero-order valence-corrected chi connectivity index (χ0v) is 12.7. The number of hydrogen-bond donors (Lipinski definition) is 0. The van der Waals surface area contributed by atoms with Gasteiger partial charge in [0.15, 0.2) is 0 Å². The van der Waals surface area contributed by atoms with Crippen LogP contribution in [0.5, 0.6) is 0 Å². The smallest absolute Gasteiger partial charge is 0.0589 e. The zero-order chi connectivity index (χ0) is 13.3. The average Bonchev–Trinajstić information content (AvgIpc) is 2.62. The first-order valence-corrected chi connectivity index (χ1v) is 7.24. The van der Waals surface area contributed by atoms with Crippen molar-refractivity contribution in [3.05, 3.63) is 0 Å². The molecule has 2 bridgehead atoms. The molecule has 2 aliphatic rings. The summed E-state index contributed by atoms with van der Waals surface area (Å²) in [5.74, 6) is 0. The standard InChI is InChI=1S/C10H20N2O.2C2H6/c1-11-9-3-4-10(11)8-12(7-9)5-6-13-2;2*1-2/h9-10H,3-8H2,1-2H3;2*1-2H3. The molecule has 2 rings (SSSR count). The molecule has 0 aromatic heterocycles. The third-order valence-electron chi connectivity index (χ3n) is 3.53. The first kappa shape index (κ1) is 16.9. The van der Waals surface area contributed by atoms with Gasteiger partial charge in [0.2, 0.25) is 0 Å². The second-order valence-electron chi connectivity index (χ2n) is 4.30. The maximum absolute atomic E-state index is 5.11. The molecule has 2 saturated heterocycles. The lowest BCUT2D eigenvalue weighted by molar-refractivity contribution is 0.0659. The Kier molecular flexibility index (Phi) is 9.79. The number of rotatable bonds is 3. The van der Waals surface area contributed by atoms with Crippen molar-refractivity contribution in [3.63, 3.8) is 0 Å². The van der Waals surface area contributed by atoms with Gasteiger partial charge >= 0.3 is 0 Å². The maximum Gasteiger partial charge on any atom is 0.0589 e. The fourth-order valence-corrected chi connectivity index (χ4v) is 2.60. The summed E-state index contributed by atoms with van der Waals surface area (Å²) >= 11 is 0. The van der Waals surface area contributed by atoms with Gasteiger partial charge in [-0.05, 0) is 19.9 Å². The number of hydrogen-bond acceptors (Lipinski definition) is 3. The zero-order valence-electron chi connectivity index (χ0n) is 12.7. The van der Waals surface area contributed by atoms with Gasteiger partial charge in [-0.2, -0.15) is 0 Å². The Bertz CT molecular complexity index is 162. The minimum Gasteiger partial charge on any atom is -0.383 e. The van der Waals surface area contributed by atoms with Gasteiger partial charge in [0, 0.05) is 38.8 Å². The Morgan fingerprint density at radius 1 is 1.00 bits per heavy atom. The van der Waals surface area contributed by atoms with Gasteiger partial charge in [-0.25, -0.2) is 0 Å². The summed E-state index contributed by atoms with van der Waals surface area (Å²) in [5.41, 5.74) is 0. The van der Waals surface area contributed by atoms with Crippen molar-refractivity contribution in [1.29, 1.82) is 0 Å². The molecule has 2 unspecified atom stereocenters. The van der Waals surface area contributed by atoms with Crippen molar-refractivity contribution in [2.24, 2.45) is 0 Å². The Morgan fingerprint density at radius 2 is 1.47 bits per heavy atom. The van der Waals surface area contributed by atoms with Gasteiger partial charge in [-0.1, -0.05) is 27.7 Å². The van der Waals surface area contributed by atoms with Crippen molar-refractivity contribution in [1.82, 2.24) is 9.80 Å². The van der Waals surface area contributed by atoms with Crippen LogP contribution in [0, 0.1) is 0 Å². The quantitative estimate of drug-likeness (QED) is 0.758. The third-order valence-corrected chi connectivity index (χ3v) is 3.53. The molecule has 2 aliphatic heterocycles. The van der Waals surface area contributed by atoms with Gasteiger partial charge < -0.3 is 4.74 Å². The highest BCUT2D eigenvalue weighted by Gasteiger charge is 2.36. The molecule has 0 amide bonds. The lowest BCUT2D eigenvalue weighted by Crippen LogP contribution is -2.52. The number of fused-ring (bicyclic) bond motifs is 2. The van der Waals surface area contributed by atoms with E-state index in [1.165, 1.54) is 25.9 Å². The Balaban J connectivity index is 0.000000581. The molecule has 0 radical (unpaired) electrons. The second kappa shape index (κ2) is 9.86. The van der Waals surface area contributed by atoms with Crippen LogP contribution in [0.1, 0.15) is 40.5 Å². The van der Waals surface area contributed by atoms with Crippen LogP contribution >= 0.6 is 0 Å². The normalized spacial score (nSPS) is 27.9. The Morgan fingerprint density at radius 3 is 1.88 bits per heavy atom. The molecule has 0 aliphatic carbocycles. The molecule has 0 N–H and O–H groups in total. The largest absolute Gasteiger partial charge is 0.383 e. The van der Waals surface area contributed by atoms with E-state index in [4.69, 9.17) is 4.74 Å². The Labute approximate surface area is 108 Å². The van der Waals surface area contributed by atoms with Crippen molar-refractivity contribution < 1.29 is 4.74 Å². The van der Waals surface area contributed by atoms with E-state index in [2.05, 4.69) is 16.8 Å². The predicted octanol–water partition coefficient (Wildman–Crippen LogP) is 2.46. The first-order chi connectivity index (χ1) is 8.31. The lowest BCUT2D eigenvalue weighted by Gasteiger charge is -2.38. The molecule has 3 heteroatoms. The van der Waals surface area contributed by atoms with Gasteiger partial charge in [0.05, 0.1) is 6.61 Å². The minimum absolute atomic E-state index is 0.815. The van der Waals surface area contributed by atoms with E-state index >= 15 is 0 Å². The number of nitrogens with zero attached hydrogens (tertiary/aromatic N) is 2. The molecular weight excluding hydrogens is 212 g/mol. The van der Waals surface area contributed by atoms with Crippen LogP contribution in [0.3, 0.4) is 0 Å². The van der Waals surface area contributed by atoms with Crippen LogP contribution < -0.4 is 0 Å². The Hall–Kier alpha value is -0.120. The average molecular weight is 244 g/mol. The van der Waals surface area contributed by atoms with Gasteiger partial charge in [-0.3, -0.25) is 9.80 Å². The van der Waals surface area contributed by atoms with E-state index in [0.29, 0.717) is 0 Å². The highest BCUT2D eigenvalue weighted by Crippen LogP contribution is 2.27. The van der Waals surface area contributed by atoms with Crippen LogP contribution in [-0.4, -0.2) is 62.3 Å². The van der Waals surface area contributed by atoms with Crippen LogP contribution in [-0.2, 0) is 4.74 Å². The molecule has 0 aromatic rings. The molecule has 2 fully saturated rings. The molecule has 0 spiro atoms. The van der Waals surface area contributed by atoms with Crippen LogP contribution in [0.4, 0.5) is 0 Å². The fraction of sp³-hybridized carbons (Fsp3) is 1.00. The summed E-state index contributed by atoms with van der Waals surface area (Å²) < 4.78 is 5.11. The van der Waals surface area contributed by atoms with Crippen LogP contribution in [0.15, 0.2) is 0 Å². The first-order valence-electron chi connectivity index (χ1n) is 7.24. The molecular formula is C14H32N2O. The number of piperazine rings is 1. The number of likely N-dealkylation sites (tertiary alicyclic amines) is 1. The lowest BCUT2D eigenvalue weighted by atomic mass is 10.2. The maximum atomic E-state index is 5.11. The monoisotopic (exact) mass is 244 g/mol. The van der Waals surface area contributed by atoms with Crippen molar-refractivity contribution in [3.8, 4) is 0 Å². The van der Waals surface area contributed by atoms with Crippen LogP contribution in [0.2, 0.25) is 0 Å². The summed E-state index contributed by atoms with van der Waals surface area (Å²) in [6.45, 7) is 12.5. The molecule has 0 saturated carbocycles. The summed E-state index contributed by atoms with van der Waals surface area (Å²) in [7, 11) is 4.06. The highest BCUT2D eigenvalue weighted by atomic mass is 16.5. The van der Waals surface area contributed by atoms with Crippen molar-refractivity contribution in [2.75, 3.05) is 40.4 Å². The van der Waals surface area contributed by atoms with E-state index in [1.54, 1.807) is 7.11 Å². The highest BCUT2D eigenvalue weighted by molar-refractivity contribution is 4.93. The number of methoxy groups -OCH3 is 1. The second-order valence-corrected chi connectivity index (χ2v) is 4.30. The summed E-state index contributed by atoms with van der Waals surface area (Å²) in [6.07, 6.45) is 2.79. The molecule has 17 heavy (non-hydrogen) atoms. The summed E-state index contributed by atoms with van der Waals surface area (Å²) in [4.78, 5) is 5.11. The fourth-order valence-electron chi connectivity index (χ4n) is 2.60. The molecule has 3 nitrogen and oxygen atoms in total. The number of likely N-dealkylation sites (N-methyl/N-ethyl adjacent to an activating group) is 1.